The second kappa shape index (κ2) is 15.5. The molecule has 1 amide bonds. The summed E-state index contributed by atoms with van der Waals surface area (Å²) in [6.07, 6.45) is 11.2. The fraction of sp³-hybridized carbons (Fsp3) is 0.688. The molecule has 1 aliphatic heterocycles. The van der Waals surface area contributed by atoms with Crippen molar-refractivity contribution >= 4 is 22.6 Å². The van der Waals surface area contributed by atoms with Gasteiger partial charge < -0.3 is 25.7 Å². The first-order valence-corrected chi connectivity index (χ1v) is 15.3. The quantitative estimate of drug-likeness (QED) is 0.135. The third kappa shape index (κ3) is 9.73. The highest BCUT2D eigenvalue weighted by molar-refractivity contribution is 5.97. The van der Waals surface area contributed by atoms with Gasteiger partial charge in [-0.25, -0.2) is 0 Å². The molecule has 4 atom stereocenters. The number of nitrogens with one attached hydrogen (secondary N) is 4. The molecule has 3 rings (SSSR count). The molecule has 0 saturated carbocycles. The Kier molecular flexibility index (Phi) is 12.5. The summed E-state index contributed by atoms with van der Waals surface area (Å²) in [6.45, 7) is 12.4. The van der Waals surface area contributed by atoms with Crippen LogP contribution in [0.1, 0.15) is 91.5 Å². The number of para-hydroxylation sites is 1. The number of ketones is 1. The predicted molar refractivity (Wildman–Crippen MR) is 160 cm³/mol. The zero-order valence-corrected chi connectivity index (χ0v) is 24.9. The fourth-order valence-corrected chi connectivity index (χ4v) is 5.25. The number of hydrogen-bond donors (Lipinski definition) is 4. The number of unbranched alkanes of at least 4 members (excludes halogenated alkanes) is 4. The molecule has 7 heteroatoms. The van der Waals surface area contributed by atoms with Crippen LogP contribution in [0.5, 0.6) is 0 Å². The van der Waals surface area contributed by atoms with Crippen LogP contribution in [0.3, 0.4) is 0 Å². The van der Waals surface area contributed by atoms with Crippen LogP contribution in [0.25, 0.3) is 10.9 Å². The Bertz CT molecular complexity index is 1030. The van der Waals surface area contributed by atoms with Crippen LogP contribution in [0.2, 0.25) is 0 Å². The largest absolute Gasteiger partial charge is 0.361 e. The van der Waals surface area contributed by atoms with Crippen LogP contribution in [0.4, 0.5) is 0 Å². The van der Waals surface area contributed by atoms with Crippen LogP contribution in [0.15, 0.2) is 30.5 Å². The monoisotopic (exact) mass is 540 g/mol. The van der Waals surface area contributed by atoms with Gasteiger partial charge in [0.25, 0.3) is 0 Å². The average molecular weight is 541 g/mol. The molecule has 0 spiro atoms. The van der Waals surface area contributed by atoms with Gasteiger partial charge in [-0.15, -0.1) is 0 Å². The molecular weight excluding hydrogens is 488 g/mol. The Labute approximate surface area is 235 Å². The zero-order valence-electron chi connectivity index (χ0n) is 24.9. The first-order chi connectivity index (χ1) is 18.8. The minimum absolute atomic E-state index is 0.00949. The fourth-order valence-electron chi connectivity index (χ4n) is 5.25. The van der Waals surface area contributed by atoms with Crippen molar-refractivity contribution in [1.29, 1.82) is 0 Å². The van der Waals surface area contributed by atoms with Crippen molar-refractivity contribution in [2.45, 2.75) is 116 Å². The standard InChI is InChI=1S/C32H52N4O3/c1-6-8-10-13-17-33-25(19-24-20-34-27-16-12-11-14-26(24)27)21-35-28(15-9-7-2)31(38)36-29(18-23(3)4)30(37)32(5)22-39-32/h11-12,14,16,20,23,25,28-29,33-35H,6-10,13,15,17-19,21-22H2,1-5H3,(H,36,38)/t25-,28-,29-,32+/m0/s1. The number of aromatic amines is 1. The molecule has 1 aromatic carbocycles. The number of amides is 1. The van der Waals surface area contributed by atoms with E-state index in [1.54, 1.807) is 0 Å². The number of carbonyl (C=O) groups excluding carboxylic acids is 2. The van der Waals surface area contributed by atoms with Crippen LogP contribution < -0.4 is 16.0 Å². The lowest BCUT2D eigenvalue weighted by Crippen LogP contribution is -2.54. The molecule has 0 unspecified atom stereocenters. The molecule has 1 aromatic heterocycles. The summed E-state index contributed by atoms with van der Waals surface area (Å²) in [4.78, 5) is 30.0. The SMILES string of the molecule is CCCCCCN[C@H](CN[C@@H](CCCC)C(=O)N[C@@H](CC(C)C)C(=O)[C@@]1(C)CO1)Cc1c[nH]c2ccccc12. The van der Waals surface area contributed by atoms with Gasteiger partial charge in [-0.2, -0.15) is 0 Å². The summed E-state index contributed by atoms with van der Waals surface area (Å²) in [7, 11) is 0. The van der Waals surface area contributed by atoms with Gasteiger partial charge in [-0.05, 0) is 56.7 Å². The van der Waals surface area contributed by atoms with Gasteiger partial charge in [0.05, 0.1) is 18.7 Å². The molecule has 218 valence electrons. The number of carbonyl (C=O) groups is 2. The number of epoxide rings is 1. The second-order valence-corrected chi connectivity index (χ2v) is 12.0. The van der Waals surface area contributed by atoms with Crippen molar-refractivity contribution < 1.29 is 14.3 Å². The van der Waals surface area contributed by atoms with E-state index in [-0.39, 0.29) is 23.8 Å². The number of benzene rings is 1. The Morgan fingerprint density at radius 2 is 1.77 bits per heavy atom. The molecule has 1 aliphatic rings. The van der Waals surface area contributed by atoms with E-state index < -0.39 is 11.6 Å². The van der Waals surface area contributed by atoms with Crippen molar-refractivity contribution in [3.8, 4) is 0 Å². The summed E-state index contributed by atoms with van der Waals surface area (Å²) < 4.78 is 5.42. The smallest absolute Gasteiger partial charge is 0.237 e. The third-order valence-electron chi connectivity index (χ3n) is 7.82. The lowest BCUT2D eigenvalue weighted by atomic mass is 9.93. The van der Waals surface area contributed by atoms with Gasteiger partial charge in [0.15, 0.2) is 5.78 Å². The lowest BCUT2D eigenvalue weighted by molar-refractivity contribution is -0.131. The minimum Gasteiger partial charge on any atom is -0.361 e. The molecule has 1 saturated heterocycles. The van der Waals surface area contributed by atoms with Gasteiger partial charge in [0.2, 0.25) is 5.91 Å². The van der Waals surface area contributed by atoms with Crippen molar-refractivity contribution in [3.63, 3.8) is 0 Å². The third-order valence-corrected chi connectivity index (χ3v) is 7.82. The highest BCUT2D eigenvalue weighted by atomic mass is 16.6. The molecule has 0 radical (unpaired) electrons. The highest BCUT2D eigenvalue weighted by Crippen LogP contribution is 2.29. The van der Waals surface area contributed by atoms with E-state index in [0.717, 1.165) is 44.2 Å². The first kappa shape index (κ1) is 31.3. The Morgan fingerprint density at radius 1 is 1.03 bits per heavy atom. The maximum atomic E-state index is 13.5. The van der Waals surface area contributed by atoms with Crippen molar-refractivity contribution in [2.24, 2.45) is 5.92 Å². The zero-order chi connectivity index (χ0) is 28.3. The van der Waals surface area contributed by atoms with Crippen LogP contribution in [-0.4, -0.2) is 60.1 Å². The van der Waals surface area contributed by atoms with Crippen molar-refractivity contribution in [3.05, 3.63) is 36.0 Å². The normalized spacial score (nSPS) is 19.2. The van der Waals surface area contributed by atoms with Gasteiger partial charge in [-0.1, -0.05) is 78.0 Å². The van der Waals surface area contributed by atoms with Gasteiger partial charge >= 0.3 is 0 Å². The Balaban J connectivity index is 1.67. The van der Waals surface area contributed by atoms with Crippen LogP contribution >= 0.6 is 0 Å². The van der Waals surface area contributed by atoms with E-state index >= 15 is 0 Å². The van der Waals surface area contributed by atoms with Gasteiger partial charge in [0, 0.05) is 29.7 Å². The number of ether oxygens (including phenoxy) is 1. The van der Waals surface area contributed by atoms with E-state index in [1.165, 1.54) is 30.2 Å². The average Bonchev–Trinajstić information content (AvgIpc) is 3.54. The maximum Gasteiger partial charge on any atom is 0.237 e. The molecule has 1 fully saturated rings. The van der Waals surface area contributed by atoms with E-state index in [9.17, 15) is 9.59 Å². The van der Waals surface area contributed by atoms with E-state index in [2.05, 4.69) is 79.1 Å². The lowest BCUT2D eigenvalue weighted by Gasteiger charge is -2.27. The van der Waals surface area contributed by atoms with Gasteiger partial charge in [-0.3, -0.25) is 9.59 Å². The first-order valence-electron chi connectivity index (χ1n) is 15.3. The second-order valence-electron chi connectivity index (χ2n) is 12.0. The predicted octanol–water partition coefficient (Wildman–Crippen LogP) is 5.29. The summed E-state index contributed by atoms with van der Waals surface area (Å²) in [6, 6.07) is 7.74. The van der Waals surface area contributed by atoms with Crippen molar-refractivity contribution in [2.75, 3.05) is 19.7 Å². The van der Waals surface area contributed by atoms with Gasteiger partial charge in [0.1, 0.15) is 5.60 Å². The molecular formula is C32H52N4O3. The summed E-state index contributed by atoms with van der Waals surface area (Å²) in [5, 5.41) is 11.7. The number of aromatic nitrogens is 1. The summed E-state index contributed by atoms with van der Waals surface area (Å²) in [5.74, 6) is 0.200. The molecule has 39 heavy (non-hydrogen) atoms. The maximum absolute atomic E-state index is 13.5. The molecule has 2 aromatic rings. The van der Waals surface area contributed by atoms with Crippen LogP contribution in [-0.2, 0) is 20.7 Å². The number of Topliss-reactive ketones (excluding diaryl/α,β-unsaturated/α-hetero) is 1. The molecule has 7 nitrogen and oxygen atoms in total. The van der Waals surface area contributed by atoms with E-state index in [0.29, 0.717) is 25.5 Å². The van der Waals surface area contributed by atoms with E-state index in [1.807, 2.05) is 6.92 Å². The molecule has 2 heterocycles. The molecule has 4 N–H and O–H groups in total. The number of rotatable bonds is 20. The number of fused-ring (bicyclic) bond motifs is 1. The Morgan fingerprint density at radius 3 is 2.46 bits per heavy atom. The molecule has 0 bridgehead atoms. The number of hydrogen-bond acceptors (Lipinski definition) is 5. The summed E-state index contributed by atoms with van der Waals surface area (Å²) in [5.41, 5.74) is 1.69. The molecule has 0 aliphatic carbocycles. The summed E-state index contributed by atoms with van der Waals surface area (Å²) >= 11 is 0. The minimum atomic E-state index is -0.745. The highest BCUT2D eigenvalue weighted by Gasteiger charge is 2.50. The van der Waals surface area contributed by atoms with E-state index in [4.69, 9.17) is 4.74 Å². The number of H-pyrrole nitrogens is 1. The Hall–Kier alpha value is -2.22. The van der Waals surface area contributed by atoms with Crippen LogP contribution in [0, 0.1) is 5.92 Å². The topological polar surface area (TPSA) is 98.5 Å². The van der Waals surface area contributed by atoms with Crippen molar-refractivity contribution in [1.82, 2.24) is 20.9 Å².